The van der Waals surface area contributed by atoms with E-state index >= 15 is 0 Å². The van der Waals surface area contributed by atoms with Gasteiger partial charge in [0.15, 0.2) is 0 Å². The molecule has 6 nitrogen and oxygen atoms in total. The number of thioether (sulfide) groups is 1. The van der Waals surface area contributed by atoms with Crippen molar-refractivity contribution < 1.29 is 13.9 Å². The number of aromatic nitrogens is 2. The summed E-state index contributed by atoms with van der Waals surface area (Å²) in [7, 11) is 0. The van der Waals surface area contributed by atoms with E-state index < -0.39 is 5.97 Å². The van der Waals surface area contributed by atoms with E-state index in [0.29, 0.717) is 17.4 Å². The monoisotopic (exact) mass is 241 g/mol. The smallest absolute Gasteiger partial charge is 0.396 e. The summed E-state index contributed by atoms with van der Waals surface area (Å²) in [5.74, 6) is -0.0404. The van der Waals surface area contributed by atoms with E-state index in [-0.39, 0.29) is 12.5 Å². The van der Waals surface area contributed by atoms with E-state index in [1.807, 2.05) is 6.07 Å². The minimum absolute atomic E-state index is 0.135. The maximum atomic E-state index is 11.2. The van der Waals surface area contributed by atoms with Crippen molar-refractivity contribution in [1.29, 1.82) is 5.26 Å². The van der Waals surface area contributed by atoms with Crippen LogP contribution >= 0.6 is 11.8 Å². The molecule has 0 saturated heterocycles. The highest BCUT2D eigenvalue weighted by Gasteiger charge is 2.15. The second-order valence-corrected chi connectivity index (χ2v) is 3.75. The number of nitrogens with zero attached hydrogens (tertiary/aromatic N) is 3. The molecule has 0 aliphatic carbocycles. The lowest BCUT2D eigenvalue weighted by molar-refractivity contribution is 0.0475. The molecule has 86 valence electrons. The Morgan fingerprint density at radius 2 is 2.44 bits per heavy atom. The van der Waals surface area contributed by atoms with Gasteiger partial charge in [-0.05, 0) is 13.3 Å². The fourth-order valence-electron chi connectivity index (χ4n) is 0.854. The summed E-state index contributed by atoms with van der Waals surface area (Å²) >= 11 is 1.32. The summed E-state index contributed by atoms with van der Waals surface area (Å²) in [6, 6.07) is 2.04. The Morgan fingerprint density at radius 1 is 1.62 bits per heavy atom. The maximum absolute atomic E-state index is 11.2. The van der Waals surface area contributed by atoms with Crippen LogP contribution in [0.1, 0.15) is 30.5 Å². The molecule has 1 heterocycles. The molecular formula is C9H11N3O3S. The number of carbonyl (C=O) groups excluding carboxylic acids is 1. The topological polar surface area (TPSA) is 89.0 Å². The number of rotatable bonds is 6. The van der Waals surface area contributed by atoms with Crippen molar-refractivity contribution in [3.8, 4) is 6.07 Å². The molecule has 0 radical (unpaired) electrons. The van der Waals surface area contributed by atoms with Gasteiger partial charge < -0.3 is 9.15 Å². The summed E-state index contributed by atoms with van der Waals surface area (Å²) in [4.78, 5) is 11.2. The van der Waals surface area contributed by atoms with E-state index in [2.05, 4.69) is 10.2 Å². The third-order valence-corrected chi connectivity index (χ3v) is 2.42. The molecule has 0 atom stereocenters. The van der Waals surface area contributed by atoms with Crippen LogP contribution in [0.25, 0.3) is 0 Å². The van der Waals surface area contributed by atoms with Crippen molar-refractivity contribution in [2.75, 3.05) is 12.4 Å². The Kier molecular flexibility index (Phi) is 5.36. The van der Waals surface area contributed by atoms with E-state index in [1.165, 1.54) is 11.8 Å². The first-order chi connectivity index (χ1) is 7.77. The number of hydrogen-bond acceptors (Lipinski definition) is 7. The van der Waals surface area contributed by atoms with E-state index in [0.717, 1.165) is 6.42 Å². The second-order valence-electron chi connectivity index (χ2n) is 2.70. The summed E-state index contributed by atoms with van der Waals surface area (Å²) < 4.78 is 9.76. The van der Waals surface area contributed by atoms with E-state index in [4.69, 9.17) is 14.4 Å². The molecule has 1 aromatic heterocycles. The van der Waals surface area contributed by atoms with Crippen LogP contribution in [0.3, 0.4) is 0 Å². The number of carbonyl (C=O) groups is 1. The molecule has 7 heteroatoms. The van der Waals surface area contributed by atoms with Crippen molar-refractivity contribution >= 4 is 17.7 Å². The van der Waals surface area contributed by atoms with Gasteiger partial charge in [-0.15, -0.1) is 5.10 Å². The Labute approximate surface area is 97.0 Å². The van der Waals surface area contributed by atoms with Gasteiger partial charge in [0.05, 0.1) is 12.7 Å². The van der Waals surface area contributed by atoms with Gasteiger partial charge in [0.25, 0.3) is 5.22 Å². The van der Waals surface area contributed by atoms with Crippen LogP contribution in [-0.2, 0) is 4.74 Å². The molecule has 0 aromatic carbocycles. The van der Waals surface area contributed by atoms with Gasteiger partial charge in [0.2, 0.25) is 0 Å². The first kappa shape index (κ1) is 12.5. The lowest BCUT2D eigenvalue weighted by atomic mass is 10.4. The summed E-state index contributed by atoms with van der Waals surface area (Å²) in [5.41, 5.74) is 0. The van der Waals surface area contributed by atoms with Crippen LogP contribution < -0.4 is 0 Å². The second kappa shape index (κ2) is 6.85. The third-order valence-electron chi connectivity index (χ3n) is 1.51. The predicted molar refractivity (Wildman–Crippen MR) is 55.8 cm³/mol. The van der Waals surface area contributed by atoms with Crippen LogP contribution in [0.15, 0.2) is 9.64 Å². The van der Waals surface area contributed by atoms with Gasteiger partial charge in [0.1, 0.15) is 0 Å². The van der Waals surface area contributed by atoms with Gasteiger partial charge in [-0.1, -0.05) is 16.9 Å². The molecule has 0 aliphatic rings. The van der Waals surface area contributed by atoms with Crippen molar-refractivity contribution in [3.05, 3.63) is 5.89 Å². The van der Waals surface area contributed by atoms with E-state index in [9.17, 15) is 4.79 Å². The fraction of sp³-hybridized carbons (Fsp3) is 0.556. The van der Waals surface area contributed by atoms with Gasteiger partial charge in [-0.25, -0.2) is 4.79 Å². The standard InChI is InChI=1S/C9H11N3O3S/c1-2-14-8(13)7-11-12-9(15-7)16-6-4-3-5-10/h2-4,6H2,1H3. The van der Waals surface area contributed by atoms with Gasteiger partial charge in [-0.2, -0.15) is 5.26 Å². The van der Waals surface area contributed by atoms with E-state index in [1.54, 1.807) is 6.92 Å². The van der Waals surface area contributed by atoms with Crippen molar-refractivity contribution in [1.82, 2.24) is 10.2 Å². The molecule has 1 aromatic rings. The Bertz CT molecular complexity index is 386. The lowest BCUT2D eigenvalue weighted by Crippen LogP contribution is -2.04. The highest BCUT2D eigenvalue weighted by molar-refractivity contribution is 7.99. The Morgan fingerprint density at radius 3 is 3.12 bits per heavy atom. The lowest BCUT2D eigenvalue weighted by Gasteiger charge is -1.94. The molecule has 0 amide bonds. The number of ether oxygens (including phenoxy) is 1. The molecule has 16 heavy (non-hydrogen) atoms. The van der Waals surface area contributed by atoms with Crippen molar-refractivity contribution in [2.45, 2.75) is 25.0 Å². The quantitative estimate of drug-likeness (QED) is 0.425. The maximum Gasteiger partial charge on any atom is 0.396 e. The minimum atomic E-state index is -0.612. The number of unbranched alkanes of at least 4 members (excludes halogenated alkanes) is 1. The third kappa shape index (κ3) is 3.90. The molecule has 0 unspecified atom stereocenters. The zero-order valence-electron chi connectivity index (χ0n) is 8.80. The van der Waals surface area contributed by atoms with Gasteiger partial charge in [0, 0.05) is 12.2 Å². The first-order valence-corrected chi connectivity index (χ1v) is 5.77. The predicted octanol–water partition coefficient (Wildman–Crippen LogP) is 1.64. The summed E-state index contributed by atoms with van der Waals surface area (Å²) in [6.07, 6.45) is 1.24. The average Bonchev–Trinajstić information content (AvgIpc) is 2.73. The van der Waals surface area contributed by atoms with Crippen LogP contribution in [0, 0.1) is 11.3 Å². The molecule has 0 fully saturated rings. The number of hydrogen-bond donors (Lipinski definition) is 0. The molecular weight excluding hydrogens is 230 g/mol. The highest BCUT2D eigenvalue weighted by Crippen LogP contribution is 2.17. The summed E-state index contributed by atoms with van der Waals surface area (Å²) in [6.45, 7) is 1.97. The number of nitriles is 1. The molecule has 0 saturated carbocycles. The Balaban J connectivity index is 2.39. The van der Waals surface area contributed by atoms with Gasteiger partial charge in [-0.3, -0.25) is 0 Å². The van der Waals surface area contributed by atoms with Crippen LogP contribution in [0.5, 0.6) is 0 Å². The van der Waals surface area contributed by atoms with Crippen molar-refractivity contribution in [3.63, 3.8) is 0 Å². The Hall–Kier alpha value is -1.55. The minimum Gasteiger partial charge on any atom is -0.459 e. The van der Waals surface area contributed by atoms with Crippen molar-refractivity contribution in [2.24, 2.45) is 0 Å². The largest absolute Gasteiger partial charge is 0.459 e. The fourth-order valence-corrected chi connectivity index (χ4v) is 1.55. The average molecular weight is 241 g/mol. The normalized spacial score (nSPS) is 9.75. The highest BCUT2D eigenvalue weighted by atomic mass is 32.2. The molecule has 0 N–H and O–H groups in total. The summed E-state index contributed by atoms with van der Waals surface area (Å²) in [5, 5.41) is 15.9. The molecule has 0 aliphatic heterocycles. The van der Waals surface area contributed by atoms with Crippen LogP contribution in [-0.4, -0.2) is 28.5 Å². The molecule has 1 rings (SSSR count). The van der Waals surface area contributed by atoms with Crippen LogP contribution in [0.4, 0.5) is 0 Å². The molecule has 0 bridgehead atoms. The van der Waals surface area contributed by atoms with Gasteiger partial charge >= 0.3 is 11.9 Å². The zero-order valence-corrected chi connectivity index (χ0v) is 9.62. The zero-order chi connectivity index (χ0) is 11.8. The molecule has 0 spiro atoms. The first-order valence-electron chi connectivity index (χ1n) is 4.78. The number of esters is 1. The SMILES string of the molecule is CCOC(=O)c1nnc(SCCCC#N)o1. The van der Waals surface area contributed by atoms with Crippen LogP contribution in [0.2, 0.25) is 0 Å².